The van der Waals surface area contributed by atoms with Gasteiger partial charge in [0.1, 0.15) is 0 Å². The molecule has 2 amide bonds. The van der Waals surface area contributed by atoms with Crippen LogP contribution in [0.5, 0.6) is 0 Å². The fraction of sp³-hybridized carbons (Fsp3) is 0.905. The summed E-state index contributed by atoms with van der Waals surface area (Å²) >= 11 is 0. The zero-order valence-corrected chi connectivity index (χ0v) is 16.5. The van der Waals surface area contributed by atoms with Crippen LogP contribution >= 0.6 is 0 Å². The highest BCUT2D eigenvalue weighted by molar-refractivity contribution is 5.85. The zero-order valence-electron chi connectivity index (χ0n) is 16.5. The van der Waals surface area contributed by atoms with E-state index in [-0.39, 0.29) is 17.2 Å². The summed E-state index contributed by atoms with van der Waals surface area (Å²) in [5.74, 6) is 1.07. The average molecular weight is 362 g/mol. The van der Waals surface area contributed by atoms with Gasteiger partial charge in [0.15, 0.2) is 0 Å². The molecule has 5 fully saturated rings. The molecule has 0 aromatic rings. The molecule has 5 rings (SSSR count). The second kappa shape index (κ2) is 6.22. The number of carbonyl (C=O) groups excluding carboxylic acids is 2. The van der Waals surface area contributed by atoms with E-state index >= 15 is 0 Å². The Hall–Kier alpha value is -1.10. The van der Waals surface area contributed by atoms with E-state index in [1.54, 1.807) is 0 Å². The average Bonchev–Trinajstić information content (AvgIpc) is 2.56. The summed E-state index contributed by atoms with van der Waals surface area (Å²) in [5, 5.41) is 2.91. The molecule has 146 valence electrons. The first-order valence-corrected chi connectivity index (χ1v) is 10.5. The lowest BCUT2D eigenvalue weighted by atomic mass is 9.40. The molecule has 4 aliphatic carbocycles. The van der Waals surface area contributed by atoms with Crippen LogP contribution in [0.1, 0.15) is 65.2 Å². The maximum Gasteiger partial charge on any atom is 0.228 e. The van der Waals surface area contributed by atoms with Crippen molar-refractivity contribution in [3.63, 3.8) is 0 Å². The molecule has 5 aliphatic rings. The summed E-state index contributed by atoms with van der Waals surface area (Å²) in [5.41, 5.74) is 6.03. The minimum absolute atomic E-state index is 0.0670. The van der Waals surface area contributed by atoms with Gasteiger partial charge in [-0.15, -0.1) is 0 Å². The van der Waals surface area contributed by atoms with Crippen LogP contribution in [-0.4, -0.2) is 42.9 Å². The molecule has 0 spiro atoms. The summed E-state index contributed by atoms with van der Waals surface area (Å²) in [6, 6.07) is 0. The third kappa shape index (κ3) is 3.06. The van der Waals surface area contributed by atoms with Gasteiger partial charge in [-0.05, 0) is 68.1 Å². The van der Waals surface area contributed by atoms with Gasteiger partial charge in [-0.3, -0.25) is 9.59 Å². The van der Waals surface area contributed by atoms with Gasteiger partial charge in [0, 0.05) is 26.2 Å². The van der Waals surface area contributed by atoms with Crippen LogP contribution in [-0.2, 0) is 9.59 Å². The molecule has 5 nitrogen and oxygen atoms in total. The van der Waals surface area contributed by atoms with Crippen LogP contribution in [0.15, 0.2) is 0 Å². The molecule has 3 atom stereocenters. The van der Waals surface area contributed by atoms with E-state index in [0.717, 1.165) is 44.6 Å². The number of amides is 2. The quantitative estimate of drug-likeness (QED) is 0.807. The SMILES string of the molecule is CC12CC3CC(C)(C1)CC(C(=O)N1CCCC(C(=O)NCCN)C1)(C3)C2. The minimum atomic E-state index is -0.154. The van der Waals surface area contributed by atoms with Crippen LogP contribution in [0, 0.1) is 28.1 Å². The minimum Gasteiger partial charge on any atom is -0.355 e. The number of likely N-dealkylation sites (tertiary alicyclic amines) is 1. The molecule has 1 aliphatic heterocycles. The van der Waals surface area contributed by atoms with Crippen LogP contribution in [0.3, 0.4) is 0 Å². The van der Waals surface area contributed by atoms with Crippen LogP contribution in [0.2, 0.25) is 0 Å². The molecule has 26 heavy (non-hydrogen) atoms. The second-order valence-corrected chi connectivity index (χ2v) is 10.6. The van der Waals surface area contributed by atoms with Crippen LogP contribution < -0.4 is 11.1 Å². The Balaban J connectivity index is 1.49. The van der Waals surface area contributed by atoms with Gasteiger partial charge in [0.05, 0.1) is 11.3 Å². The van der Waals surface area contributed by atoms with Crippen LogP contribution in [0.25, 0.3) is 0 Å². The topological polar surface area (TPSA) is 75.4 Å². The lowest BCUT2D eigenvalue weighted by Crippen LogP contribution is -2.61. The lowest BCUT2D eigenvalue weighted by molar-refractivity contribution is -0.181. The molecule has 0 aromatic carbocycles. The maximum atomic E-state index is 13.7. The van der Waals surface area contributed by atoms with Gasteiger partial charge in [0.25, 0.3) is 0 Å². The largest absolute Gasteiger partial charge is 0.355 e. The molecule has 4 bridgehead atoms. The first-order valence-electron chi connectivity index (χ1n) is 10.5. The van der Waals surface area contributed by atoms with Gasteiger partial charge < -0.3 is 16.0 Å². The number of carbonyl (C=O) groups is 2. The Labute approximate surface area is 157 Å². The summed E-state index contributed by atoms with van der Waals surface area (Å²) in [6.07, 6.45) is 8.92. The number of nitrogens with zero attached hydrogens (tertiary/aromatic N) is 1. The predicted octanol–water partition coefficient (Wildman–Crippen LogP) is 2.30. The highest BCUT2D eigenvalue weighted by atomic mass is 16.2. The molecule has 0 aromatic heterocycles. The van der Waals surface area contributed by atoms with Crippen molar-refractivity contribution >= 4 is 11.8 Å². The van der Waals surface area contributed by atoms with Crippen molar-refractivity contribution in [2.75, 3.05) is 26.2 Å². The summed E-state index contributed by atoms with van der Waals surface area (Å²) in [6.45, 7) is 7.22. The standard InChI is InChI=1S/C21H35N3O2/c1-19-8-15-9-20(2,12-19)14-21(10-15,13-19)18(26)24-7-3-4-16(11-24)17(25)23-6-5-22/h15-16H,3-14,22H2,1-2H3,(H,23,25). The van der Waals surface area contributed by atoms with Crippen molar-refractivity contribution in [2.24, 2.45) is 33.8 Å². The third-order valence-corrected chi connectivity index (χ3v) is 7.60. The molecule has 3 N–H and O–H groups in total. The van der Waals surface area contributed by atoms with Gasteiger partial charge >= 0.3 is 0 Å². The van der Waals surface area contributed by atoms with Crippen molar-refractivity contribution in [3.8, 4) is 0 Å². The van der Waals surface area contributed by atoms with E-state index in [0.29, 0.717) is 36.4 Å². The fourth-order valence-electron chi connectivity index (χ4n) is 7.74. The van der Waals surface area contributed by atoms with Crippen molar-refractivity contribution in [2.45, 2.75) is 65.2 Å². The van der Waals surface area contributed by atoms with Crippen molar-refractivity contribution in [3.05, 3.63) is 0 Å². The third-order valence-electron chi connectivity index (χ3n) is 7.60. The van der Waals surface area contributed by atoms with E-state index in [9.17, 15) is 9.59 Å². The van der Waals surface area contributed by atoms with Crippen LogP contribution in [0.4, 0.5) is 0 Å². The smallest absolute Gasteiger partial charge is 0.228 e. The van der Waals surface area contributed by atoms with Gasteiger partial charge in [0.2, 0.25) is 11.8 Å². The van der Waals surface area contributed by atoms with Crippen molar-refractivity contribution in [1.82, 2.24) is 10.2 Å². The predicted molar refractivity (Wildman–Crippen MR) is 101 cm³/mol. The lowest BCUT2D eigenvalue weighted by Gasteiger charge is -2.65. The van der Waals surface area contributed by atoms with Gasteiger partial charge in [-0.2, -0.15) is 0 Å². The van der Waals surface area contributed by atoms with Gasteiger partial charge in [-0.1, -0.05) is 13.8 Å². The number of piperidine rings is 1. The van der Waals surface area contributed by atoms with E-state index in [2.05, 4.69) is 19.2 Å². The van der Waals surface area contributed by atoms with Crippen molar-refractivity contribution in [1.29, 1.82) is 0 Å². The number of rotatable bonds is 4. The first kappa shape index (κ1) is 18.3. The molecular formula is C21H35N3O2. The summed E-state index contributed by atoms with van der Waals surface area (Å²) in [4.78, 5) is 28.1. The number of nitrogens with two attached hydrogens (primary N) is 1. The highest BCUT2D eigenvalue weighted by Gasteiger charge is 2.63. The van der Waals surface area contributed by atoms with Crippen molar-refractivity contribution < 1.29 is 9.59 Å². The van der Waals surface area contributed by atoms with E-state index < -0.39 is 0 Å². The normalized spacial score (nSPS) is 44.2. The summed E-state index contributed by atoms with van der Waals surface area (Å²) in [7, 11) is 0. The molecule has 0 radical (unpaired) electrons. The second-order valence-electron chi connectivity index (χ2n) is 10.6. The molecule has 1 heterocycles. The molecule has 5 heteroatoms. The fourth-order valence-corrected chi connectivity index (χ4v) is 7.74. The Morgan fingerprint density at radius 2 is 1.81 bits per heavy atom. The Kier molecular flexibility index (Phi) is 4.37. The molecule has 3 unspecified atom stereocenters. The number of hydrogen-bond acceptors (Lipinski definition) is 3. The van der Waals surface area contributed by atoms with E-state index in [1.807, 2.05) is 4.90 Å². The van der Waals surface area contributed by atoms with E-state index in [1.165, 1.54) is 19.3 Å². The molecule has 1 saturated heterocycles. The maximum absolute atomic E-state index is 13.7. The highest BCUT2D eigenvalue weighted by Crippen LogP contribution is 2.69. The van der Waals surface area contributed by atoms with E-state index in [4.69, 9.17) is 5.73 Å². The Morgan fingerprint density at radius 3 is 2.42 bits per heavy atom. The number of nitrogens with one attached hydrogen (secondary N) is 1. The molecular weight excluding hydrogens is 326 g/mol. The number of hydrogen-bond donors (Lipinski definition) is 2. The Bertz CT molecular complexity index is 586. The Morgan fingerprint density at radius 1 is 1.12 bits per heavy atom. The first-order chi connectivity index (χ1) is 12.3. The van der Waals surface area contributed by atoms with Gasteiger partial charge in [-0.25, -0.2) is 0 Å². The monoisotopic (exact) mass is 361 g/mol. The zero-order chi connectivity index (χ0) is 18.6. The molecule has 4 saturated carbocycles. The summed E-state index contributed by atoms with van der Waals surface area (Å²) < 4.78 is 0.